The number of likely N-dealkylation sites (tertiary alicyclic amines) is 1. The molecule has 0 saturated carbocycles. The zero-order chi connectivity index (χ0) is 15.8. The molecule has 5 N–H and O–H groups in total. The Morgan fingerprint density at radius 1 is 1.24 bits per heavy atom. The fraction of sp³-hybridized carbons (Fsp3) is 0.769. The molecule has 21 heavy (non-hydrogen) atoms. The van der Waals surface area contributed by atoms with E-state index in [0.717, 1.165) is 25.9 Å². The average molecular weight is 300 g/mol. The average Bonchev–Trinajstić information content (AvgIpc) is 2.44. The molecule has 1 saturated heterocycles. The van der Waals surface area contributed by atoms with E-state index < -0.39 is 30.4 Å². The van der Waals surface area contributed by atoms with E-state index in [-0.39, 0.29) is 6.04 Å². The van der Waals surface area contributed by atoms with E-state index in [2.05, 4.69) is 15.5 Å². The van der Waals surface area contributed by atoms with Crippen LogP contribution in [0.3, 0.4) is 0 Å². The van der Waals surface area contributed by atoms with E-state index >= 15 is 0 Å². The minimum atomic E-state index is -1.30. The Bertz CT molecular complexity index is 382. The van der Waals surface area contributed by atoms with Crippen LogP contribution in [0.4, 0.5) is 4.79 Å². The van der Waals surface area contributed by atoms with Gasteiger partial charge in [-0.2, -0.15) is 0 Å². The molecular weight excluding hydrogens is 276 g/mol. The standard InChI is InChI=1S/C13H24N4O4/c1-9(17-5-3-2-4-6-17)8-15-13(21)16-10(12(19)20)7-11(14)18/h9-10H,2-8H2,1H3,(H2,14,18)(H,19,20)(H2,15,16,21). The van der Waals surface area contributed by atoms with Crippen molar-refractivity contribution < 1.29 is 19.5 Å². The van der Waals surface area contributed by atoms with Gasteiger partial charge in [-0.05, 0) is 32.9 Å². The van der Waals surface area contributed by atoms with Gasteiger partial charge in [0, 0.05) is 12.6 Å². The number of rotatable bonds is 7. The monoisotopic (exact) mass is 300 g/mol. The number of nitrogens with zero attached hydrogens (tertiary/aromatic N) is 1. The highest BCUT2D eigenvalue weighted by atomic mass is 16.4. The maximum Gasteiger partial charge on any atom is 0.326 e. The van der Waals surface area contributed by atoms with E-state index in [9.17, 15) is 14.4 Å². The Morgan fingerprint density at radius 3 is 2.38 bits per heavy atom. The topological polar surface area (TPSA) is 125 Å². The number of carboxylic acid groups (broad SMARTS) is 1. The molecule has 0 bridgehead atoms. The lowest BCUT2D eigenvalue weighted by molar-refractivity contribution is -0.140. The van der Waals surface area contributed by atoms with Crippen molar-refractivity contribution >= 4 is 17.9 Å². The summed E-state index contributed by atoms with van der Waals surface area (Å²) in [6.45, 7) is 4.48. The molecule has 3 amide bonds. The lowest BCUT2D eigenvalue weighted by Crippen LogP contribution is -2.51. The summed E-state index contributed by atoms with van der Waals surface area (Å²) in [5, 5.41) is 13.8. The van der Waals surface area contributed by atoms with Crippen molar-refractivity contribution in [3.8, 4) is 0 Å². The Hall–Kier alpha value is -1.83. The van der Waals surface area contributed by atoms with Crippen molar-refractivity contribution in [1.29, 1.82) is 0 Å². The van der Waals surface area contributed by atoms with Gasteiger partial charge in [-0.25, -0.2) is 9.59 Å². The van der Waals surface area contributed by atoms with Crippen molar-refractivity contribution in [2.45, 2.75) is 44.7 Å². The van der Waals surface area contributed by atoms with Gasteiger partial charge in [0.15, 0.2) is 0 Å². The first-order valence-electron chi connectivity index (χ1n) is 7.19. The highest BCUT2D eigenvalue weighted by Gasteiger charge is 2.23. The Labute approximate surface area is 124 Å². The van der Waals surface area contributed by atoms with Gasteiger partial charge in [0.25, 0.3) is 0 Å². The maximum atomic E-state index is 11.7. The van der Waals surface area contributed by atoms with Crippen LogP contribution in [-0.4, -0.2) is 59.6 Å². The molecule has 0 radical (unpaired) electrons. The summed E-state index contributed by atoms with van der Waals surface area (Å²) in [5.74, 6) is -2.06. The summed E-state index contributed by atoms with van der Waals surface area (Å²) >= 11 is 0. The van der Waals surface area contributed by atoms with Crippen molar-refractivity contribution in [2.24, 2.45) is 5.73 Å². The summed E-state index contributed by atoms with van der Waals surface area (Å²) in [6, 6.07) is -1.71. The highest BCUT2D eigenvalue weighted by molar-refractivity contribution is 5.87. The van der Waals surface area contributed by atoms with Crippen LogP contribution in [0.2, 0.25) is 0 Å². The smallest absolute Gasteiger partial charge is 0.326 e. The fourth-order valence-corrected chi connectivity index (χ4v) is 2.34. The number of nitrogens with one attached hydrogen (secondary N) is 2. The first-order valence-corrected chi connectivity index (χ1v) is 7.19. The van der Waals surface area contributed by atoms with Crippen molar-refractivity contribution in [2.75, 3.05) is 19.6 Å². The zero-order valence-electron chi connectivity index (χ0n) is 12.3. The number of hydrogen-bond acceptors (Lipinski definition) is 4. The summed E-state index contributed by atoms with van der Waals surface area (Å²) in [7, 11) is 0. The number of amides is 3. The second-order valence-corrected chi connectivity index (χ2v) is 5.36. The largest absolute Gasteiger partial charge is 0.480 e. The molecule has 0 aromatic heterocycles. The van der Waals surface area contributed by atoms with Gasteiger partial charge >= 0.3 is 12.0 Å². The molecule has 2 atom stereocenters. The van der Waals surface area contributed by atoms with E-state index in [0.29, 0.717) is 6.54 Å². The second-order valence-electron chi connectivity index (χ2n) is 5.36. The maximum absolute atomic E-state index is 11.7. The molecule has 1 aliphatic heterocycles. The van der Waals surface area contributed by atoms with Crippen molar-refractivity contribution in [3.05, 3.63) is 0 Å². The third kappa shape index (κ3) is 6.44. The first kappa shape index (κ1) is 17.2. The van der Waals surface area contributed by atoms with Crippen LogP contribution >= 0.6 is 0 Å². The number of primary amides is 1. The van der Waals surface area contributed by atoms with Gasteiger partial charge in [-0.1, -0.05) is 6.42 Å². The predicted molar refractivity (Wildman–Crippen MR) is 76.7 cm³/mol. The number of carbonyl (C=O) groups excluding carboxylic acids is 2. The van der Waals surface area contributed by atoms with Gasteiger partial charge in [0.05, 0.1) is 6.42 Å². The Kier molecular flexibility index (Phi) is 6.93. The van der Waals surface area contributed by atoms with Crippen LogP contribution in [0.5, 0.6) is 0 Å². The predicted octanol–water partition coefficient (Wildman–Crippen LogP) is -0.511. The highest BCUT2D eigenvalue weighted by Crippen LogP contribution is 2.11. The molecule has 0 aliphatic carbocycles. The number of urea groups is 1. The number of carbonyl (C=O) groups is 3. The number of nitrogens with two attached hydrogens (primary N) is 1. The number of hydrogen-bond donors (Lipinski definition) is 4. The van der Waals surface area contributed by atoms with Gasteiger partial charge in [-0.3, -0.25) is 9.69 Å². The second kappa shape index (κ2) is 8.46. The SMILES string of the molecule is CC(CNC(=O)NC(CC(N)=O)C(=O)O)N1CCCCC1. The molecule has 1 heterocycles. The molecule has 8 heteroatoms. The minimum absolute atomic E-state index is 0.190. The lowest BCUT2D eigenvalue weighted by atomic mass is 10.1. The Morgan fingerprint density at radius 2 is 1.86 bits per heavy atom. The molecule has 2 unspecified atom stereocenters. The number of aliphatic carboxylic acids is 1. The normalized spacial score (nSPS) is 18.5. The Balaban J connectivity index is 2.34. The van der Waals surface area contributed by atoms with Crippen LogP contribution in [0.25, 0.3) is 0 Å². The van der Waals surface area contributed by atoms with Crippen LogP contribution < -0.4 is 16.4 Å². The molecule has 0 aromatic carbocycles. The lowest BCUT2D eigenvalue weighted by Gasteiger charge is -2.32. The summed E-state index contributed by atoms with van der Waals surface area (Å²) in [4.78, 5) is 35.6. The summed E-state index contributed by atoms with van der Waals surface area (Å²) in [6.07, 6.45) is 3.14. The molecule has 8 nitrogen and oxygen atoms in total. The third-order valence-corrected chi connectivity index (χ3v) is 3.58. The molecule has 0 aromatic rings. The van der Waals surface area contributed by atoms with Gasteiger partial charge in [-0.15, -0.1) is 0 Å². The third-order valence-electron chi connectivity index (χ3n) is 3.58. The summed E-state index contributed by atoms with van der Waals surface area (Å²) in [5.41, 5.74) is 4.95. The summed E-state index contributed by atoms with van der Waals surface area (Å²) < 4.78 is 0. The van der Waals surface area contributed by atoms with Gasteiger partial charge < -0.3 is 21.5 Å². The molecule has 1 aliphatic rings. The number of carboxylic acids is 1. The molecule has 120 valence electrons. The van der Waals surface area contributed by atoms with Gasteiger partial charge in [0.2, 0.25) is 5.91 Å². The molecular formula is C13H24N4O4. The quantitative estimate of drug-likeness (QED) is 0.504. The van der Waals surface area contributed by atoms with Crippen molar-refractivity contribution in [1.82, 2.24) is 15.5 Å². The molecule has 1 fully saturated rings. The van der Waals surface area contributed by atoms with Crippen LogP contribution in [0, 0.1) is 0 Å². The fourth-order valence-electron chi connectivity index (χ4n) is 2.34. The van der Waals surface area contributed by atoms with E-state index in [1.165, 1.54) is 6.42 Å². The van der Waals surface area contributed by atoms with E-state index in [4.69, 9.17) is 10.8 Å². The molecule has 0 spiro atoms. The molecule has 1 rings (SSSR count). The van der Waals surface area contributed by atoms with Gasteiger partial charge in [0.1, 0.15) is 6.04 Å². The van der Waals surface area contributed by atoms with E-state index in [1.807, 2.05) is 6.92 Å². The van der Waals surface area contributed by atoms with Crippen LogP contribution in [-0.2, 0) is 9.59 Å². The minimum Gasteiger partial charge on any atom is -0.480 e. The van der Waals surface area contributed by atoms with Crippen LogP contribution in [0.1, 0.15) is 32.6 Å². The van der Waals surface area contributed by atoms with E-state index in [1.54, 1.807) is 0 Å². The first-order chi connectivity index (χ1) is 9.90. The van der Waals surface area contributed by atoms with Crippen molar-refractivity contribution in [3.63, 3.8) is 0 Å². The number of piperidine rings is 1. The van der Waals surface area contributed by atoms with Crippen LogP contribution in [0.15, 0.2) is 0 Å². The zero-order valence-corrected chi connectivity index (χ0v) is 12.3.